The standard InChI is InChI=1S/C20H18Cl2N4O3S/c21-11-3-6-14(13(22)9-11)29-7-8-30-19-15-17(23-16(24-19)10-1-2-10)26(12-4-5-12)20(28)25-18(15)27/h3,6,9-10,12H,1-2,4-5,7-8H2,(H,25,27,28). The van der Waals surface area contributed by atoms with Crippen LogP contribution in [-0.2, 0) is 0 Å². The zero-order valence-electron chi connectivity index (χ0n) is 15.9. The van der Waals surface area contributed by atoms with Crippen LogP contribution in [0.4, 0.5) is 0 Å². The molecule has 2 aliphatic rings. The fraction of sp³-hybridized carbons (Fsp3) is 0.400. The van der Waals surface area contributed by atoms with Crippen LogP contribution in [-0.4, -0.2) is 31.9 Å². The third-order valence-electron chi connectivity index (χ3n) is 5.10. The summed E-state index contributed by atoms with van der Waals surface area (Å²) in [7, 11) is 0. The first-order valence-electron chi connectivity index (χ1n) is 9.78. The highest BCUT2D eigenvalue weighted by Gasteiger charge is 2.32. The number of ether oxygens (including phenoxy) is 1. The number of aromatic amines is 1. The molecule has 2 heterocycles. The van der Waals surface area contributed by atoms with E-state index in [1.54, 1.807) is 22.8 Å². The molecule has 0 unspecified atom stereocenters. The van der Waals surface area contributed by atoms with Gasteiger partial charge in [0.2, 0.25) is 0 Å². The van der Waals surface area contributed by atoms with E-state index >= 15 is 0 Å². The molecule has 0 bridgehead atoms. The van der Waals surface area contributed by atoms with E-state index in [2.05, 4.69) is 15.0 Å². The van der Waals surface area contributed by atoms with Gasteiger partial charge in [-0.2, -0.15) is 0 Å². The van der Waals surface area contributed by atoms with Crippen molar-refractivity contribution in [1.29, 1.82) is 0 Å². The molecule has 156 valence electrons. The van der Waals surface area contributed by atoms with E-state index in [-0.39, 0.29) is 6.04 Å². The molecule has 2 aromatic heterocycles. The third-order valence-corrected chi connectivity index (χ3v) is 6.57. The van der Waals surface area contributed by atoms with Gasteiger partial charge in [0.25, 0.3) is 5.56 Å². The van der Waals surface area contributed by atoms with Crippen LogP contribution in [0, 0.1) is 0 Å². The summed E-state index contributed by atoms with van der Waals surface area (Å²) in [4.78, 5) is 36.8. The van der Waals surface area contributed by atoms with Gasteiger partial charge in [0.05, 0.1) is 11.6 Å². The summed E-state index contributed by atoms with van der Waals surface area (Å²) in [5, 5.41) is 1.95. The molecular weight excluding hydrogens is 447 g/mol. The largest absolute Gasteiger partial charge is 0.491 e. The van der Waals surface area contributed by atoms with Crippen molar-refractivity contribution < 1.29 is 4.74 Å². The van der Waals surface area contributed by atoms with Gasteiger partial charge < -0.3 is 4.74 Å². The van der Waals surface area contributed by atoms with Gasteiger partial charge in [-0.1, -0.05) is 23.2 Å². The number of benzene rings is 1. The van der Waals surface area contributed by atoms with Crippen LogP contribution >= 0.6 is 35.0 Å². The molecule has 2 saturated carbocycles. The summed E-state index contributed by atoms with van der Waals surface area (Å²) in [5.41, 5.74) is -0.391. The van der Waals surface area contributed by atoms with Crippen LogP contribution < -0.4 is 16.0 Å². The molecule has 1 aromatic carbocycles. The van der Waals surface area contributed by atoms with Crippen molar-refractivity contribution in [2.45, 2.75) is 42.7 Å². The Hall–Kier alpha value is -2.03. The highest BCUT2D eigenvalue weighted by Crippen LogP contribution is 2.41. The SMILES string of the molecule is O=c1[nH]c(=O)n(C2CC2)c2nc(C3CC3)nc(SCCOc3ccc(Cl)cc3Cl)c12. The van der Waals surface area contributed by atoms with Gasteiger partial charge in [-0.25, -0.2) is 14.8 Å². The van der Waals surface area contributed by atoms with Crippen LogP contribution in [0.25, 0.3) is 11.0 Å². The van der Waals surface area contributed by atoms with Crippen molar-refractivity contribution in [3.05, 3.63) is 54.9 Å². The molecule has 0 radical (unpaired) electrons. The second kappa shape index (κ2) is 7.90. The number of thioether (sulfide) groups is 1. The number of nitrogens with one attached hydrogen (secondary N) is 1. The zero-order valence-corrected chi connectivity index (χ0v) is 18.2. The Kier molecular flexibility index (Phi) is 5.24. The molecule has 3 aromatic rings. The predicted octanol–water partition coefficient (Wildman–Crippen LogP) is 4.17. The first-order chi connectivity index (χ1) is 14.5. The van der Waals surface area contributed by atoms with Crippen molar-refractivity contribution in [2.75, 3.05) is 12.4 Å². The second-order valence-electron chi connectivity index (χ2n) is 7.49. The van der Waals surface area contributed by atoms with Crippen LogP contribution in [0.3, 0.4) is 0 Å². The quantitative estimate of drug-likeness (QED) is 0.320. The van der Waals surface area contributed by atoms with E-state index in [0.717, 1.165) is 25.7 Å². The summed E-state index contributed by atoms with van der Waals surface area (Å²) < 4.78 is 7.36. The Morgan fingerprint density at radius 2 is 1.97 bits per heavy atom. The molecule has 0 saturated heterocycles. The minimum absolute atomic E-state index is 0.104. The van der Waals surface area contributed by atoms with E-state index in [9.17, 15) is 9.59 Å². The summed E-state index contributed by atoms with van der Waals surface area (Å²) in [6.07, 6.45) is 3.90. The number of aromatic nitrogens is 4. The van der Waals surface area contributed by atoms with Crippen molar-refractivity contribution >= 4 is 46.0 Å². The molecule has 0 amide bonds. The maximum Gasteiger partial charge on any atom is 0.330 e. The Labute approximate surface area is 185 Å². The van der Waals surface area contributed by atoms with Crippen molar-refractivity contribution in [3.63, 3.8) is 0 Å². The van der Waals surface area contributed by atoms with Crippen LogP contribution in [0.2, 0.25) is 10.0 Å². The lowest BCUT2D eigenvalue weighted by molar-refractivity contribution is 0.344. The first-order valence-corrected chi connectivity index (χ1v) is 11.5. The molecule has 0 spiro atoms. The summed E-state index contributed by atoms with van der Waals surface area (Å²) in [6, 6.07) is 5.17. The molecule has 0 atom stereocenters. The maximum atomic E-state index is 12.6. The van der Waals surface area contributed by atoms with Gasteiger partial charge in [-0.15, -0.1) is 11.8 Å². The highest BCUT2D eigenvalue weighted by atomic mass is 35.5. The fourth-order valence-electron chi connectivity index (χ4n) is 3.32. The lowest BCUT2D eigenvalue weighted by Gasteiger charge is -2.12. The topological polar surface area (TPSA) is 89.9 Å². The molecule has 10 heteroatoms. The minimum atomic E-state index is -0.446. The number of fused-ring (bicyclic) bond motifs is 1. The van der Waals surface area contributed by atoms with E-state index in [4.69, 9.17) is 27.9 Å². The number of hydrogen-bond acceptors (Lipinski definition) is 6. The van der Waals surface area contributed by atoms with Gasteiger partial charge in [-0.3, -0.25) is 14.3 Å². The number of H-pyrrole nitrogens is 1. The Morgan fingerprint density at radius 1 is 1.17 bits per heavy atom. The number of nitrogens with zero attached hydrogens (tertiary/aromatic N) is 3. The van der Waals surface area contributed by atoms with E-state index in [0.29, 0.717) is 56.0 Å². The van der Waals surface area contributed by atoms with E-state index in [1.807, 2.05) is 0 Å². The van der Waals surface area contributed by atoms with E-state index < -0.39 is 11.2 Å². The minimum Gasteiger partial charge on any atom is -0.491 e. The normalized spacial score (nSPS) is 16.2. The Bertz CT molecular complexity index is 1250. The molecule has 1 N–H and O–H groups in total. The van der Waals surface area contributed by atoms with Gasteiger partial charge in [-0.05, 0) is 43.9 Å². The van der Waals surface area contributed by atoms with Gasteiger partial charge in [0.1, 0.15) is 22.0 Å². The highest BCUT2D eigenvalue weighted by molar-refractivity contribution is 7.99. The van der Waals surface area contributed by atoms with Crippen LogP contribution in [0.5, 0.6) is 5.75 Å². The molecular formula is C20H18Cl2N4O3S. The zero-order chi connectivity index (χ0) is 20.8. The van der Waals surface area contributed by atoms with Gasteiger partial charge in [0.15, 0.2) is 5.65 Å². The van der Waals surface area contributed by atoms with Crippen molar-refractivity contribution in [1.82, 2.24) is 19.5 Å². The lowest BCUT2D eigenvalue weighted by atomic mass is 10.3. The molecule has 5 rings (SSSR count). The average Bonchev–Trinajstić information content (AvgIpc) is 3.59. The van der Waals surface area contributed by atoms with Gasteiger partial charge >= 0.3 is 5.69 Å². The third kappa shape index (κ3) is 3.96. The number of halogens is 2. The first kappa shape index (κ1) is 19.9. The molecule has 30 heavy (non-hydrogen) atoms. The molecule has 2 fully saturated rings. The lowest BCUT2D eigenvalue weighted by Crippen LogP contribution is -2.31. The molecule has 0 aliphatic heterocycles. The Morgan fingerprint density at radius 3 is 2.67 bits per heavy atom. The van der Waals surface area contributed by atoms with E-state index in [1.165, 1.54) is 11.8 Å². The number of hydrogen-bond donors (Lipinski definition) is 1. The monoisotopic (exact) mass is 464 g/mol. The smallest absolute Gasteiger partial charge is 0.330 e. The molecule has 2 aliphatic carbocycles. The summed E-state index contributed by atoms with van der Waals surface area (Å²) in [6.45, 7) is 0.371. The summed E-state index contributed by atoms with van der Waals surface area (Å²) in [5.74, 6) is 2.12. The Balaban J connectivity index is 1.44. The van der Waals surface area contributed by atoms with Crippen LogP contribution in [0.15, 0.2) is 32.8 Å². The predicted molar refractivity (Wildman–Crippen MR) is 117 cm³/mol. The fourth-order valence-corrected chi connectivity index (χ4v) is 4.63. The van der Waals surface area contributed by atoms with Gasteiger partial charge in [0, 0.05) is 22.7 Å². The number of rotatable bonds is 7. The average molecular weight is 465 g/mol. The van der Waals surface area contributed by atoms with Crippen LogP contribution in [0.1, 0.15) is 43.5 Å². The van der Waals surface area contributed by atoms with Crippen molar-refractivity contribution in [3.8, 4) is 5.75 Å². The van der Waals surface area contributed by atoms with Crippen molar-refractivity contribution in [2.24, 2.45) is 0 Å². The maximum absolute atomic E-state index is 12.6. The molecule has 7 nitrogen and oxygen atoms in total. The summed E-state index contributed by atoms with van der Waals surface area (Å²) >= 11 is 13.5. The second-order valence-corrected chi connectivity index (χ2v) is 9.42.